The van der Waals surface area contributed by atoms with E-state index in [1.54, 1.807) is 4.68 Å². The van der Waals surface area contributed by atoms with Crippen molar-refractivity contribution in [2.75, 3.05) is 6.54 Å². The summed E-state index contributed by atoms with van der Waals surface area (Å²) in [5, 5.41) is 5.43. The number of aromatic nitrogens is 3. The minimum atomic E-state index is 0.168. The molecule has 1 aromatic carbocycles. The lowest BCUT2D eigenvalue weighted by atomic mass is 10.1. The molecule has 1 amide bonds. The van der Waals surface area contributed by atoms with Crippen molar-refractivity contribution in [1.82, 2.24) is 19.2 Å². The molecule has 2 aromatic heterocycles. The van der Waals surface area contributed by atoms with Gasteiger partial charge in [0.25, 0.3) is 0 Å². The van der Waals surface area contributed by atoms with E-state index in [1.807, 2.05) is 43.5 Å². The van der Waals surface area contributed by atoms with Gasteiger partial charge in [0.15, 0.2) is 0 Å². The third-order valence-electron chi connectivity index (χ3n) is 5.00. The quantitative estimate of drug-likeness (QED) is 0.744. The second-order valence-corrected chi connectivity index (χ2v) is 6.65. The van der Waals surface area contributed by atoms with Gasteiger partial charge in [0.1, 0.15) is 0 Å². The van der Waals surface area contributed by atoms with Gasteiger partial charge in [-0.25, -0.2) is 0 Å². The summed E-state index contributed by atoms with van der Waals surface area (Å²) in [6.45, 7) is 0.836. The van der Waals surface area contributed by atoms with Gasteiger partial charge in [-0.3, -0.25) is 9.48 Å². The highest BCUT2D eigenvalue weighted by Gasteiger charge is 2.31. The zero-order chi connectivity index (χ0) is 16.7. The highest BCUT2D eigenvalue weighted by molar-refractivity contribution is 5.89. The van der Waals surface area contributed by atoms with E-state index >= 15 is 0 Å². The van der Waals surface area contributed by atoms with E-state index in [1.165, 1.54) is 10.9 Å². The summed E-state index contributed by atoms with van der Waals surface area (Å²) in [7, 11) is 3.95. The summed E-state index contributed by atoms with van der Waals surface area (Å²) < 4.78 is 3.90. The van der Waals surface area contributed by atoms with E-state index in [9.17, 15) is 4.79 Å². The average Bonchev–Trinajstić information content (AvgIpc) is 3.28. The van der Waals surface area contributed by atoms with Gasteiger partial charge in [-0.15, -0.1) is 0 Å². The van der Waals surface area contributed by atoms with Crippen molar-refractivity contribution < 1.29 is 4.79 Å². The van der Waals surface area contributed by atoms with Gasteiger partial charge in [-0.1, -0.05) is 18.2 Å². The Morgan fingerprint density at radius 1 is 1.25 bits per heavy atom. The van der Waals surface area contributed by atoms with Gasteiger partial charge in [0.05, 0.1) is 18.7 Å². The van der Waals surface area contributed by atoms with Crippen molar-refractivity contribution >= 4 is 16.8 Å². The van der Waals surface area contributed by atoms with E-state index in [0.717, 1.165) is 30.5 Å². The monoisotopic (exact) mass is 322 g/mol. The van der Waals surface area contributed by atoms with Gasteiger partial charge in [0, 0.05) is 49.5 Å². The molecule has 3 heterocycles. The molecule has 4 rings (SSSR count). The summed E-state index contributed by atoms with van der Waals surface area (Å²) in [6, 6.07) is 8.43. The van der Waals surface area contributed by atoms with E-state index in [2.05, 4.69) is 28.0 Å². The number of nitrogens with zero attached hydrogens (tertiary/aromatic N) is 4. The molecule has 1 fully saturated rings. The van der Waals surface area contributed by atoms with Crippen LogP contribution in [0.2, 0.25) is 0 Å². The standard InChI is InChI=1S/C19H22N4O/c1-21-12-14(16-6-3-4-7-18(16)21)10-19(24)23-9-5-8-17(23)15-11-20-22(2)13-15/h3-4,6-7,11-13,17H,5,8-10H2,1-2H3/t17-/m1/s1. The number of benzene rings is 1. The fraction of sp³-hybridized carbons (Fsp3) is 0.368. The first-order valence-electron chi connectivity index (χ1n) is 8.44. The number of carbonyl (C=O) groups is 1. The topological polar surface area (TPSA) is 43.1 Å². The second kappa shape index (κ2) is 5.82. The number of carbonyl (C=O) groups excluding carboxylic acids is 1. The number of aryl methyl sites for hydroxylation is 2. The predicted octanol–water partition coefficient (Wildman–Crippen LogP) is 2.82. The molecular weight excluding hydrogens is 300 g/mol. The van der Waals surface area contributed by atoms with Gasteiger partial charge in [-0.05, 0) is 24.5 Å². The smallest absolute Gasteiger partial charge is 0.227 e. The van der Waals surface area contributed by atoms with Crippen LogP contribution in [-0.2, 0) is 25.3 Å². The molecular formula is C19H22N4O. The average molecular weight is 322 g/mol. The first-order valence-corrected chi connectivity index (χ1v) is 8.44. The molecule has 0 N–H and O–H groups in total. The number of hydrogen-bond acceptors (Lipinski definition) is 2. The van der Waals surface area contributed by atoms with Crippen LogP contribution in [0.25, 0.3) is 10.9 Å². The van der Waals surface area contributed by atoms with E-state index in [-0.39, 0.29) is 11.9 Å². The van der Waals surface area contributed by atoms with E-state index in [0.29, 0.717) is 6.42 Å². The van der Waals surface area contributed by atoms with Crippen molar-refractivity contribution in [2.24, 2.45) is 14.1 Å². The Kier molecular flexibility index (Phi) is 3.63. The lowest BCUT2D eigenvalue weighted by molar-refractivity contribution is -0.131. The molecule has 0 unspecified atom stereocenters. The summed E-state index contributed by atoms with van der Waals surface area (Å²) in [5.41, 5.74) is 3.42. The number of hydrogen-bond donors (Lipinski definition) is 0. The highest BCUT2D eigenvalue weighted by Crippen LogP contribution is 2.32. The van der Waals surface area contributed by atoms with E-state index in [4.69, 9.17) is 0 Å². The van der Waals surface area contributed by atoms with Crippen molar-refractivity contribution in [3.8, 4) is 0 Å². The van der Waals surface area contributed by atoms with Crippen LogP contribution in [0.15, 0.2) is 42.9 Å². The van der Waals surface area contributed by atoms with Gasteiger partial charge in [0.2, 0.25) is 5.91 Å². The third-order valence-corrected chi connectivity index (χ3v) is 5.00. The Labute approximate surface area is 141 Å². The van der Waals surface area contributed by atoms with Crippen LogP contribution in [-0.4, -0.2) is 31.7 Å². The summed E-state index contributed by atoms with van der Waals surface area (Å²) in [5.74, 6) is 0.206. The minimum absolute atomic E-state index is 0.168. The molecule has 124 valence electrons. The molecule has 0 saturated carbocycles. The molecule has 0 spiro atoms. The maximum atomic E-state index is 12.9. The Balaban J connectivity index is 1.59. The van der Waals surface area contributed by atoms with Crippen LogP contribution < -0.4 is 0 Å². The molecule has 3 aromatic rings. The Bertz CT molecular complexity index is 892. The first-order chi connectivity index (χ1) is 11.6. The van der Waals surface area contributed by atoms with Gasteiger partial charge < -0.3 is 9.47 Å². The molecule has 5 heteroatoms. The Morgan fingerprint density at radius 2 is 2.08 bits per heavy atom. The minimum Gasteiger partial charge on any atom is -0.350 e. The number of para-hydroxylation sites is 1. The summed E-state index contributed by atoms with van der Waals surface area (Å²) >= 11 is 0. The summed E-state index contributed by atoms with van der Waals surface area (Å²) in [6.07, 6.45) is 8.52. The first kappa shape index (κ1) is 15.0. The normalized spacial score (nSPS) is 17.8. The molecule has 5 nitrogen and oxygen atoms in total. The number of amides is 1. The zero-order valence-corrected chi connectivity index (χ0v) is 14.1. The zero-order valence-electron chi connectivity index (χ0n) is 14.1. The molecule has 1 aliphatic heterocycles. The summed E-state index contributed by atoms with van der Waals surface area (Å²) in [4.78, 5) is 15.0. The van der Waals surface area contributed by atoms with Crippen molar-refractivity contribution in [2.45, 2.75) is 25.3 Å². The van der Waals surface area contributed by atoms with Crippen LogP contribution in [0, 0.1) is 0 Å². The van der Waals surface area contributed by atoms with Gasteiger partial charge >= 0.3 is 0 Å². The fourth-order valence-electron chi connectivity index (χ4n) is 3.85. The van der Waals surface area contributed by atoms with Crippen LogP contribution in [0.1, 0.15) is 30.0 Å². The van der Waals surface area contributed by atoms with Crippen molar-refractivity contribution in [3.63, 3.8) is 0 Å². The highest BCUT2D eigenvalue weighted by atomic mass is 16.2. The maximum absolute atomic E-state index is 12.9. The van der Waals surface area contributed by atoms with E-state index < -0.39 is 0 Å². The van der Waals surface area contributed by atoms with Crippen LogP contribution in [0.3, 0.4) is 0 Å². The molecule has 0 radical (unpaired) electrons. The Morgan fingerprint density at radius 3 is 2.88 bits per heavy atom. The number of rotatable bonds is 3. The van der Waals surface area contributed by atoms with Gasteiger partial charge in [-0.2, -0.15) is 5.10 Å². The maximum Gasteiger partial charge on any atom is 0.227 e. The molecule has 0 bridgehead atoms. The molecule has 0 aliphatic carbocycles. The molecule has 24 heavy (non-hydrogen) atoms. The van der Waals surface area contributed by atoms with Crippen LogP contribution in [0.4, 0.5) is 0 Å². The number of likely N-dealkylation sites (tertiary alicyclic amines) is 1. The van der Waals surface area contributed by atoms with Crippen LogP contribution in [0.5, 0.6) is 0 Å². The SMILES string of the molecule is Cn1cc([C@H]2CCCN2C(=O)Cc2cn(C)c3ccccc23)cn1. The molecule has 1 atom stereocenters. The fourth-order valence-corrected chi connectivity index (χ4v) is 3.85. The lowest BCUT2D eigenvalue weighted by Crippen LogP contribution is -2.31. The second-order valence-electron chi connectivity index (χ2n) is 6.65. The Hall–Kier alpha value is -2.56. The van der Waals surface area contributed by atoms with Crippen molar-refractivity contribution in [1.29, 1.82) is 0 Å². The predicted molar refractivity (Wildman–Crippen MR) is 93.5 cm³/mol. The molecule has 1 saturated heterocycles. The van der Waals surface area contributed by atoms with Crippen LogP contribution >= 0.6 is 0 Å². The molecule has 1 aliphatic rings. The largest absolute Gasteiger partial charge is 0.350 e. The lowest BCUT2D eigenvalue weighted by Gasteiger charge is -2.24. The van der Waals surface area contributed by atoms with Crippen molar-refractivity contribution in [3.05, 3.63) is 54.0 Å². The number of fused-ring (bicyclic) bond motifs is 1. The third kappa shape index (κ3) is 2.50.